The lowest BCUT2D eigenvalue weighted by molar-refractivity contribution is -0.137. The summed E-state index contributed by atoms with van der Waals surface area (Å²) in [5.74, 6) is -0.295. The van der Waals surface area contributed by atoms with Crippen molar-refractivity contribution in [2.24, 2.45) is 0 Å². The Balaban J connectivity index is 1.80. The van der Waals surface area contributed by atoms with Gasteiger partial charge in [0.05, 0.1) is 16.8 Å². The first-order valence-corrected chi connectivity index (χ1v) is 8.29. The van der Waals surface area contributed by atoms with Gasteiger partial charge in [0.2, 0.25) is 5.91 Å². The molecule has 1 aliphatic rings. The lowest BCUT2D eigenvalue weighted by Crippen LogP contribution is -2.34. The maximum absolute atomic E-state index is 12.8. The van der Waals surface area contributed by atoms with E-state index in [0.717, 1.165) is 25.0 Å². The van der Waals surface area contributed by atoms with Gasteiger partial charge in [-0.1, -0.05) is 18.7 Å². The zero-order chi connectivity index (χ0) is 19.2. The Morgan fingerprint density at radius 2 is 1.96 bits per heavy atom. The van der Waals surface area contributed by atoms with E-state index in [0.29, 0.717) is 22.6 Å². The van der Waals surface area contributed by atoms with E-state index in [4.69, 9.17) is 0 Å². The second kappa shape index (κ2) is 5.94. The van der Waals surface area contributed by atoms with Crippen LogP contribution in [0.15, 0.2) is 55.5 Å². The molecule has 2 aromatic heterocycles. The van der Waals surface area contributed by atoms with Crippen LogP contribution in [-0.2, 0) is 16.5 Å². The minimum atomic E-state index is -4.40. The van der Waals surface area contributed by atoms with Crippen molar-refractivity contribution in [3.05, 3.63) is 66.8 Å². The van der Waals surface area contributed by atoms with E-state index in [1.165, 1.54) is 18.2 Å². The molecule has 1 N–H and O–H groups in total. The second-order valence-corrected chi connectivity index (χ2v) is 6.48. The average molecular weight is 372 g/mol. The number of amides is 1. The van der Waals surface area contributed by atoms with Crippen molar-refractivity contribution in [3.63, 3.8) is 0 Å². The van der Waals surface area contributed by atoms with Crippen LogP contribution in [0.25, 0.3) is 16.9 Å². The van der Waals surface area contributed by atoms with Crippen LogP contribution in [0.2, 0.25) is 0 Å². The topological polar surface area (TPSA) is 59.3 Å². The largest absolute Gasteiger partial charge is 0.416 e. The van der Waals surface area contributed by atoms with Gasteiger partial charge in [-0.2, -0.15) is 13.2 Å². The predicted octanol–water partition coefficient (Wildman–Crippen LogP) is 3.71. The number of carbonyl (C=O) groups excluding carboxylic acids is 1. The molecule has 138 valence electrons. The van der Waals surface area contributed by atoms with Crippen LogP contribution >= 0.6 is 0 Å². The van der Waals surface area contributed by atoms with Gasteiger partial charge in [0.25, 0.3) is 0 Å². The number of hydrogen-bond acceptors (Lipinski definition) is 3. The van der Waals surface area contributed by atoms with Crippen LogP contribution in [0.4, 0.5) is 13.2 Å². The fourth-order valence-electron chi connectivity index (χ4n) is 3.03. The highest BCUT2D eigenvalue weighted by atomic mass is 19.4. The molecule has 0 unspecified atom stereocenters. The number of benzene rings is 1. The van der Waals surface area contributed by atoms with Crippen molar-refractivity contribution in [3.8, 4) is 11.3 Å². The third kappa shape index (κ3) is 3.07. The van der Waals surface area contributed by atoms with E-state index in [-0.39, 0.29) is 5.91 Å². The summed E-state index contributed by atoms with van der Waals surface area (Å²) in [6.07, 6.45) is 3.37. The summed E-state index contributed by atoms with van der Waals surface area (Å²) < 4.78 is 40.2. The molecular formula is C19H15F3N4O. The molecule has 1 aliphatic carbocycles. The third-order valence-corrected chi connectivity index (χ3v) is 4.65. The van der Waals surface area contributed by atoms with Gasteiger partial charge in [0.1, 0.15) is 5.69 Å². The highest BCUT2D eigenvalue weighted by Gasteiger charge is 2.47. The summed E-state index contributed by atoms with van der Waals surface area (Å²) in [5.41, 5.74) is 0.850. The summed E-state index contributed by atoms with van der Waals surface area (Å²) >= 11 is 0. The lowest BCUT2D eigenvalue weighted by Gasteiger charge is -2.17. The summed E-state index contributed by atoms with van der Waals surface area (Å²) in [4.78, 5) is 20.7. The third-order valence-electron chi connectivity index (χ3n) is 4.65. The Morgan fingerprint density at radius 1 is 1.26 bits per heavy atom. The fraction of sp³-hybridized carbons (Fsp3) is 0.211. The van der Waals surface area contributed by atoms with Gasteiger partial charge in [0, 0.05) is 24.2 Å². The minimum Gasteiger partial charge on any atom is -0.341 e. The van der Waals surface area contributed by atoms with E-state index in [1.54, 1.807) is 23.0 Å². The normalized spacial score (nSPS) is 15.5. The fourth-order valence-corrected chi connectivity index (χ4v) is 3.03. The molecular weight excluding hydrogens is 357 g/mol. The van der Waals surface area contributed by atoms with Gasteiger partial charge in [0.15, 0.2) is 5.65 Å². The van der Waals surface area contributed by atoms with Gasteiger partial charge in [-0.15, -0.1) is 0 Å². The summed E-state index contributed by atoms with van der Waals surface area (Å²) in [7, 11) is 0. The Kier molecular flexibility index (Phi) is 3.80. The van der Waals surface area contributed by atoms with Gasteiger partial charge in [-0.05, 0) is 31.1 Å². The molecule has 2 heterocycles. The molecule has 1 amide bonds. The molecule has 0 aliphatic heterocycles. The number of alkyl halides is 3. The number of imidazole rings is 1. The number of fused-ring (bicyclic) bond motifs is 1. The van der Waals surface area contributed by atoms with Crippen molar-refractivity contribution in [1.29, 1.82) is 0 Å². The molecule has 5 nitrogen and oxygen atoms in total. The first kappa shape index (κ1) is 17.3. The SMILES string of the molecule is C=CC(=O)NC1(c2cn3ccnc3c(-c3ccc(C(F)(F)F)cc3)n2)CC1. The Hall–Kier alpha value is -3.16. The van der Waals surface area contributed by atoms with E-state index >= 15 is 0 Å². The number of hydrogen-bond donors (Lipinski definition) is 1. The van der Waals surface area contributed by atoms with Crippen molar-refractivity contribution in [2.45, 2.75) is 24.6 Å². The van der Waals surface area contributed by atoms with Crippen LogP contribution in [0.1, 0.15) is 24.1 Å². The van der Waals surface area contributed by atoms with E-state index in [9.17, 15) is 18.0 Å². The zero-order valence-electron chi connectivity index (χ0n) is 14.1. The summed E-state index contributed by atoms with van der Waals surface area (Å²) in [5, 5.41) is 2.90. The minimum absolute atomic E-state index is 0.295. The predicted molar refractivity (Wildman–Crippen MR) is 92.7 cm³/mol. The number of nitrogens with one attached hydrogen (secondary N) is 1. The summed E-state index contributed by atoms with van der Waals surface area (Å²) in [6.45, 7) is 3.46. The number of aromatic nitrogens is 3. The van der Waals surface area contributed by atoms with Crippen molar-refractivity contribution in [2.75, 3.05) is 0 Å². The number of nitrogens with zero attached hydrogens (tertiary/aromatic N) is 3. The quantitative estimate of drug-likeness (QED) is 0.711. The number of rotatable bonds is 4. The average Bonchev–Trinajstić information content (AvgIpc) is 3.26. The highest BCUT2D eigenvalue weighted by molar-refractivity contribution is 5.88. The molecule has 0 radical (unpaired) electrons. The van der Waals surface area contributed by atoms with Crippen molar-refractivity contribution >= 4 is 11.6 Å². The van der Waals surface area contributed by atoms with Crippen LogP contribution in [0.3, 0.4) is 0 Å². The van der Waals surface area contributed by atoms with E-state index in [1.807, 2.05) is 0 Å². The molecule has 1 aromatic carbocycles. The molecule has 8 heteroatoms. The summed E-state index contributed by atoms with van der Waals surface area (Å²) in [6, 6.07) is 4.81. The maximum atomic E-state index is 12.8. The number of carbonyl (C=O) groups is 1. The van der Waals surface area contributed by atoms with E-state index < -0.39 is 17.3 Å². The molecule has 1 fully saturated rings. The molecule has 0 bridgehead atoms. The number of halogens is 3. The van der Waals surface area contributed by atoms with Crippen LogP contribution < -0.4 is 5.32 Å². The second-order valence-electron chi connectivity index (χ2n) is 6.48. The molecule has 4 rings (SSSR count). The lowest BCUT2D eigenvalue weighted by atomic mass is 10.1. The highest BCUT2D eigenvalue weighted by Crippen LogP contribution is 2.45. The van der Waals surface area contributed by atoms with Gasteiger partial charge < -0.3 is 9.72 Å². The van der Waals surface area contributed by atoms with Crippen LogP contribution in [0.5, 0.6) is 0 Å². The first-order chi connectivity index (χ1) is 12.8. The Labute approximate surface area is 152 Å². The van der Waals surface area contributed by atoms with Crippen LogP contribution in [-0.4, -0.2) is 20.3 Å². The monoisotopic (exact) mass is 372 g/mol. The van der Waals surface area contributed by atoms with Crippen molar-refractivity contribution < 1.29 is 18.0 Å². The van der Waals surface area contributed by atoms with E-state index in [2.05, 4.69) is 21.9 Å². The Morgan fingerprint density at radius 3 is 2.56 bits per heavy atom. The smallest absolute Gasteiger partial charge is 0.341 e. The van der Waals surface area contributed by atoms with Gasteiger partial charge in [-0.3, -0.25) is 4.79 Å². The molecule has 3 aromatic rings. The first-order valence-electron chi connectivity index (χ1n) is 8.29. The Bertz CT molecular complexity index is 1030. The van der Waals surface area contributed by atoms with Gasteiger partial charge >= 0.3 is 6.18 Å². The molecule has 0 saturated heterocycles. The molecule has 0 atom stereocenters. The van der Waals surface area contributed by atoms with Crippen molar-refractivity contribution in [1.82, 2.24) is 19.7 Å². The standard InChI is InChI=1S/C19H15F3N4O/c1-2-15(27)25-18(7-8-18)14-11-26-10-9-23-17(26)16(24-14)12-3-5-13(6-4-12)19(20,21)22/h2-6,9-11H,1,7-8H2,(H,25,27). The molecule has 1 saturated carbocycles. The molecule has 27 heavy (non-hydrogen) atoms. The van der Waals surface area contributed by atoms with Crippen LogP contribution in [0, 0.1) is 0 Å². The van der Waals surface area contributed by atoms with Gasteiger partial charge in [-0.25, -0.2) is 9.97 Å². The maximum Gasteiger partial charge on any atom is 0.416 e. The zero-order valence-corrected chi connectivity index (χ0v) is 14.1. The molecule has 0 spiro atoms.